The largest absolute Gasteiger partial charge is 0.372 e. The Bertz CT molecular complexity index is 541. The van der Waals surface area contributed by atoms with Crippen LogP contribution in [0.15, 0.2) is 18.2 Å². The number of rotatable bonds is 4. The molecular formula is C17H23FN2O2. The van der Waals surface area contributed by atoms with E-state index in [4.69, 9.17) is 4.74 Å². The van der Waals surface area contributed by atoms with E-state index < -0.39 is 0 Å². The second-order valence-electron chi connectivity index (χ2n) is 5.97. The van der Waals surface area contributed by atoms with Crippen LogP contribution in [0, 0.1) is 5.82 Å². The van der Waals surface area contributed by atoms with Gasteiger partial charge in [0, 0.05) is 38.0 Å². The number of amides is 1. The van der Waals surface area contributed by atoms with E-state index in [9.17, 15) is 9.18 Å². The number of fused-ring (bicyclic) bond motifs is 1. The number of hydrogen-bond donors (Lipinski definition) is 0. The highest BCUT2D eigenvalue weighted by atomic mass is 19.1. The molecule has 0 N–H and O–H groups in total. The van der Waals surface area contributed by atoms with Gasteiger partial charge in [0.25, 0.3) is 0 Å². The van der Waals surface area contributed by atoms with Crippen molar-refractivity contribution in [1.82, 2.24) is 4.90 Å². The minimum Gasteiger partial charge on any atom is -0.372 e. The molecule has 0 saturated carbocycles. The summed E-state index contributed by atoms with van der Waals surface area (Å²) in [4.78, 5) is 16.3. The van der Waals surface area contributed by atoms with E-state index >= 15 is 0 Å². The lowest BCUT2D eigenvalue weighted by Gasteiger charge is -2.38. The van der Waals surface area contributed by atoms with E-state index in [-0.39, 0.29) is 18.3 Å². The molecule has 0 unspecified atom stereocenters. The first-order valence-electron chi connectivity index (χ1n) is 8.09. The monoisotopic (exact) mass is 306 g/mol. The zero-order valence-electron chi connectivity index (χ0n) is 13.1. The van der Waals surface area contributed by atoms with Crippen molar-refractivity contribution in [2.24, 2.45) is 0 Å². The van der Waals surface area contributed by atoms with Crippen LogP contribution < -0.4 is 4.90 Å². The Morgan fingerprint density at radius 3 is 2.82 bits per heavy atom. The Labute approximate surface area is 130 Å². The molecule has 1 fully saturated rings. The van der Waals surface area contributed by atoms with Crippen molar-refractivity contribution < 1.29 is 13.9 Å². The number of benzene rings is 1. The molecule has 2 heterocycles. The first-order valence-corrected chi connectivity index (χ1v) is 8.09. The van der Waals surface area contributed by atoms with Gasteiger partial charge in [-0.25, -0.2) is 4.39 Å². The Hall–Kier alpha value is -1.62. The molecule has 0 atom stereocenters. The SMILES string of the molecule is CCOCC(=O)N1CCC(N2CCc3cc(F)ccc32)CC1. The quantitative estimate of drug-likeness (QED) is 0.855. The fourth-order valence-electron chi connectivity index (χ4n) is 3.48. The molecule has 0 radical (unpaired) electrons. The number of likely N-dealkylation sites (tertiary alicyclic amines) is 1. The summed E-state index contributed by atoms with van der Waals surface area (Å²) in [5, 5.41) is 0. The topological polar surface area (TPSA) is 32.8 Å². The van der Waals surface area contributed by atoms with Crippen molar-refractivity contribution in [3.05, 3.63) is 29.6 Å². The maximum Gasteiger partial charge on any atom is 0.248 e. The summed E-state index contributed by atoms with van der Waals surface area (Å²) in [6, 6.07) is 5.53. The lowest BCUT2D eigenvalue weighted by atomic mass is 10.0. The Morgan fingerprint density at radius 1 is 1.32 bits per heavy atom. The van der Waals surface area contributed by atoms with Crippen molar-refractivity contribution >= 4 is 11.6 Å². The predicted molar refractivity (Wildman–Crippen MR) is 83.5 cm³/mol. The number of halogens is 1. The molecule has 0 aromatic heterocycles. The molecule has 22 heavy (non-hydrogen) atoms. The van der Waals surface area contributed by atoms with Gasteiger partial charge in [-0.2, -0.15) is 0 Å². The zero-order valence-corrected chi connectivity index (χ0v) is 13.1. The van der Waals surface area contributed by atoms with E-state index in [0.717, 1.165) is 44.5 Å². The molecule has 3 rings (SSSR count). The van der Waals surface area contributed by atoms with Gasteiger partial charge >= 0.3 is 0 Å². The highest BCUT2D eigenvalue weighted by molar-refractivity contribution is 5.77. The van der Waals surface area contributed by atoms with Crippen LogP contribution in [-0.2, 0) is 16.0 Å². The second-order valence-corrected chi connectivity index (χ2v) is 5.97. The third-order valence-electron chi connectivity index (χ3n) is 4.66. The van der Waals surface area contributed by atoms with Crippen molar-refractivity contribution in [1.29, 1.82) is 0 Å². The van der Waals surface area contributed by atoms with Crippen LogP contribution in [0.25, 0.3) is 0 Å². The summed E-state index contributed by atoms with van der Waals surface area (Å²) >= 11 is 0. The van der Waals surface area contributed by atoms with Crippen LogP contribution >= 0.6 is 0 Å². The molecule has 1 saturated heterocycles. The predicted octanol–water partition coefficient (Wildman–Crippen LogP) is 2.22. The van der Waals surface area contributed by atoms with Gasteiger partial charge < -0.3 is 14.5 Å². The van der Waals surface area contributed by atoms with Crippen LogP contribution in [0.4, 0.5) is 10.1 Å². The molecule has 2 aliphatic heterocycles. The molecule has 0 spiro atoms. The van der Waals surface area contributed by atoms with Crippen molar-refractivity contribution in [2.75, 3.05) is 37.7 Å². The third-order valence-corrected chi connectivity index (χ3v) is 4.66. The molecule has 4 nitrogen and oxygen atoms in total. The van der Waals surface area contributed by atoms with Crippen molar-refractivity contribution in [2.45, 2.75) is 32.2 Å². The van der Waals surface area contributed by atoms with Crippen LogP contribution in [0.1, 0.15) is 25.3 Å². The van der Waals surface area contributed by atoms with Gasteiger partial charge in [-0.1, -0.05) is 0 Å². The molecular weight excluding hydrogens is 283 g/mol. The van der Waals surface area contributed by atoms with E-state index in [1.807, 2.05) is 17.9 Å². The average Bonchev–Trinajstić information content (AvgIpc) is 2.95. The minimum atomic E-state index is -0.156. The Balaban J connectivity index is 1.58. The lowest BCUT2D eigenvalue weighted by Crippen LogP contribution is -2.47. The highest BCUT2D eigenvalue weighted by Gasteiger charge is 2.30. The van der Waals surface area contributed by atoms with Gasteiger partial charge in [0.15, 0.2) is 0 Å². The van der Waals surface area contributed by atoms with Crippen LogP contribution in [0.3, 0.4) is 0 Å². The molecule has 0 bridgehead atoms. The normalized spacial score (nSPS) is 18.6. The minimum absolute atomic E-state index is 0.0872. The average molecular weight is 306 g/mol. The zero-order chi connectivity index (χ0) is 15.5. The number of ether oxygens (including phenoxy) is 1. The van der Waals surface area contributed by atoms with E-state index in [2.05, 4.69) is 4.90 Å². The second kappa shape index (κ2) is 6.65. The van der Waals surface area contributed by atoms with Gasteiger partial charge in [0.05, 0.1) is 0 Å². The summed E-state index contributed by atoms with van der Waals surface area (Å²) in [6.45, 7) is 5.17. The lowest BCUT2D eigenvalue weighted by molar-refractivity contribution is -0.137. The number of nitrogens with zero attached hydrogens (tertiary/aromatic N) is 2. The van der Waals surface area contributed by atoms with E-state index in [1.165, 1.54) is 11.8 Å². The van der Waals surface area contributed by atoms with Crippen LogP contribution in [0.2, 0.25) is 0 Å². The summed E-state index contributed by atoms with van der Waals surface area (Å²) in [7, 11) is 0. The standard InChI is InChI=1S/C17H23FN2O2/c1-2-22-12-17(21)19-8-6-15(7-9-19)20-10-5-13-11-14(18)3-4-16(13)20/h3-4,11,15H,2,5-10,12H2,1H3. The molecule has 5 heteroatoms. The number of piperidine rings is 1. The van der Waals surface area contributed by atoms with Crippen LogP contribution in [0.5, 0.6) is 0 Å². The molecule has 1 aromatic rings. The molecule has 120 valence electrons. The maximum atomic E-state index is 13.3. The summed E-state index contributed by atoms with van der Waals surface area (Å²) < 4.78 is 18.5. The maximum absolute atomic E-state index is 13.3. The van der Waals surface area contributed by atoms with Crippen LogP contribution in [-0.4, -0.2) is 49.7 Å². The summed E-state index contributed by atoms with van der Waals surface area (Å²) in [5.41, 5.74) is 2.27. The van der Waals surface area contributed by atoms with Gasteiger partial charge in [-0.15, -0.1) is 0 Å². The van der Waals surface area contributed by atoms with Gasteiger partial charge in [0.2, 0.25) is 5.91 Å². The first-order chi connectivity index (χ1) is 10.7. The highest BCUT2D eigenvalue weighted by Crippen LogP contribution is 2.33. The Kier molecular flexibility index (Phi) is 4.62. The van der Waals surface area contributed by atoms with Crippen molar-refractivity contribution in [3.63, 3.8) is 0 Å². The molecule has 1 amide bonds. The third kappa shape index (κ3) is 3.09. The smallest absolute Gasteiger partial charge is 0.248 e. The molecule has 1 aromatic carbocycles. The summed E-state index contributed by atoms with van der Waals surface area (Å²) in [6.07, 6.45) is 2.85. The number of carbonyl (C=O) groups is 1. The van der Waals surface area contributed by atoms with E-state index in [0.29, 0.717) is 12.6 Å². The Morgan fingerprint density at radius 2 is 2.09 bits per heavy atom. The fraction of sp³-hybridized carbons (Fsp3) is 0.588. The van der Waals surface area contributed by atoms with Gasteiger partial charge in [-0.05, 0) is 49.9 Å². The van der Waals surface area contributed by atoms with Gasteiger partial charge in [0.1, 0.15) is 12.4 Å². The fourth-order valence-corrected chi connectivity index (χ4v) is 3.48. The number of anilines is 1. The number of hydrogen-bond acceptors (Lipinski definition) is 3. The first kappa shape index (κ1) is 15.3. The number of carbonyl (C=O) groups excluding carboxylic acids is 1. The molecule has 0 aliphatic carbocycles. The van der Waals surface area contributed by atoms with Crippen molar-refractivity contribution in [3.8, 4) is 0 Å². The van der Waals surface area contributed by atoms with E-state index in [1.54, 1.807) is 6.07 Å². The van der Waals surface area contributed by atoms with Gasteiger partial charge in [-0.3, -0.25) is 4.79 Å². The molecule has 2 aliphatic rings. The summed E-state index contributed by atoms with van der Waals surface area (Å²) in [5.74, 6) is -0.0684.